The van der Waals surface area contributed by atoms with Crippen molar-refractivity contribution in [2.24, 2.45) is 0 Å². The number of thiophene rings is 2. The second-order valence-electron chi connectivity index (χ2n) is 4.50. The molecule has 0 unspecified atom stereocenters. The minimum absolute atomic E-state index is 0.231. The first-order valence-electron chi connectivity index (χ1n) is 6.30. The number of aryl methyl sites for hydroxylation is 1. The molecule has 1 atom stereocenters. The van der Waals surface area contributed by atoms with E-state index in [0.717, 1.165) is 4.88 Å². The quantitative estimate of drug-likeness (QED) is 0.768. The lowest BCUT2D eigenvalue weighted by Crippen LogP contribution is -2.32. The Labute approximate surface area is 127 Å². The lowest BCUT2D eigenvalue weighted by Gasteiger charge is -2.12. The van der Waals surface area contributed by atoms with E-state index in [2.05, 4.69) is 28.4 Å². The molecule has 2 N–H and O–H groups in total. The predicted molar refractivity (Wildman–Crippen MR) is 85.0 cm³/mol. The summed E-state index contributed by atoms with van der Waals surface area (Å²) in [5, 5.41) is 7.43. The average molecular weight is 330 g/mol. The molecule has 0 aliphatic rings. The molecule has 0 radical (unpaired) electrons. The summed E-state index contributed by atoms with van der Waals surface area (Å²) >= 11 is 2.95. The van der Waals surface area contributed by atoms with Crippen LogP contribution in [0.15, 0.2) is 33.2 Å². The molecule has 4 nitrogen and oxygen atoms in total. The van der Waals surface area contributed by atoms with E-state index in [0.29, 0.717) is 17.3 Å². The van der Waals surface area contributed by atoms with Gasteiger partial charge >= 0.3 is 0 Å². The van der Waals surface area contributed by atoms with Crippen molar-refractivity contribution in [3.8, 4) is 0 Å². The molecule has 0 saturated carbocycles. The molecule has 0 saturated heterocycles. The molecular formula is C13H18N2O2S3. The first kappa shape index (κ1) is 15.7. The highest BCUT2D eigenvalue weighted by atomic mass is 32.2. The number of rotatable bonds is 7. The standard InChI is InChI=1S/C13H18N2O2S3/c1-10-3-4-13(19-10)20(16,17)15-7-6-14-11(2)12-5-8-18-9-12/h3-5,8-9,11,14-15H,6-7H2,1-2H3/t11-/m1/s1. The summed E-state index contributed by atoms with van der Waals surface area (Å²) < 4.78 is 27.0. The van der Waals surface area contributed by atoms with Crippen LogP contribution in [0.2, 0.25) is 0 Å². The molecule has 20 heavy (non-hydrogen) atoms. The Bertz CT molecular complexity index is 632. The van der Waals surface area contributed by atoms with Crippen molar-refractivity contribution in [2.75, 3.05) is 13.1 Å². The number of sulfonamides is 1. The molecular weight excluding hydrogens is 312 g/mol. The summed E-state index contributed by atoms with van der Waals surface area (Å²) in [5.74, 6) is 0. The lowest BCUT2D eigenvalue weighted by atomic mass is 10.2. The van der Waals surface area contributed by atoms with Crippen molar-refractivity contribution in [1.29, 1.82) is 0 Å². The molecule has 2 heterocycles. The van der Waals surface area contributed by atoms with Crippen LogP contribution in [0.4, 0.5) is 0 Å². The van der Waals surface area contributed by atoms with Gasteiger partial charge in [0.2, 0.25) is 10.0 Å². The van der Waals surface area contributed by atoms with Crippen LogP contribution in [0.25, 0.3) is 0 Å². The summed E-state index contributed by atoms with van der Waals surface area (Å²) in [6.07, 6.45) is 0. The third-order valence-corrected chi connectivity index (χ3v) is 6.55. The maximum absolute atomic E-state index is 12.0. The number of hydrogen-bond acceptors (Lipinski definition) is 5. The van der Waals surface area contributed by atoms with Crippen molar-refractivity contribution in [3.05, 3.63) is 39.4 Å². The van der Waals surface area contributed by atoms with E-state index < -0.39 is 10.0 Å². The number of nitrogens with one attached hydrogen (secondary N) is 2. The molecule has 2 aromatic heterocycles. The zero-order valence-electron chi connectivity index (χ0n) is 11.4. The van der Waals surface area contributed by atoms with Gasteiger partial charge in [0.05, 0.1) is 0 Å². The first-order valence-corrected chi connectivity index (χ1v) is 9.55. The summed E-state index contributed by atoms with van der Waals surface area (Å²) in [7, 11) is -3.36. The molecule has 2 aromatic rings. The lowest BCUT2D eigenvalue weighted by molar-refractivity contribution is 0.555. The SMILES string of the molecule is Cc1ccc(S(=O)(=O)NCCN[C@H](C)c2ccsc2)s1. The van der Waals surface area contributed by atoms with Gasteiger partial charge in [0.1, 0.15) is 4.21 Å². The highest BCUT2D eigenvalue weighted by Crippen LogP contribution is 2.20. The Kier molecular flexibility index (Phi) is 5.34. The molecule has 0 amide bonds. The van der Waals surface area contributed by atoms with Crippen LogP contribution in [0, 0.1) is 6.92 Å². The molecule has 0 aliphatic heterocycles. The minimum Gasteiger partial charge on any atom is -0.309 e. The van der Waals surface area contributed by atoms with Crippen molar-refractivity contribution < 1.29 is 8.42 Å². The first-order chi connectivity index (χ1) is 9.49. The van der Waals surface area contributed by atoms with Crippen LogP contribution in [-0.4, -0.2) is 21.5 Å². The Hall–Kier alpha value is -0.730. The second-order valence-corrected chi connectivity index (χ2v) is 8.56. The van der Waals surface area contributed by atoms with Crippen LogP contribution in [0.1, 0.15) is 23.4 Å². The summed E-state index contributed by atoms with van der Waals surface area (Å²) in [6.45, 7) is 4.95. The van der Waals surface area contributed by atoms with Gasteiger partial charge in [0.15, 0.2) is 0 Å². The fraction of sp³-hybridized carbons (Fsp3) is 0.385. The fourth-order valence-electron chi connectivity index (χ4n) is 1.74. The van der Waals surface area contributed by atoms with Gasteiger partial charge in [-0.2, -0.15) is 11.3 Å². The zero-order valence-corrected chi connectivity index (χ0v) is 13.9. The zero-order chi connectivity index (χ0) is 14.6. The van der Waals surface area contributed by atoms with Gasteiger partial charge in [-0.1, -0.05) is 0 Å². The molecule has 2 rings (SSSR count). The van der Waals surface area contributed by atoms with Crippen LogP contribution < -0.4 is 10.0 Å². The smallest absolute Gasteiger partial charge is 0.250 e. The van der Waals surface area contributed by atoms with E-state index in [-0.39, 0.29) is 6.04 Å². The third kappa shape index (κ3) is 4.13. The Morgan fingerprint density at radius 1 is 1.25 bits per heavy atom. The minimum atomic E-state index is -3.36. The molecule has 0 bridgehead atoms. The largest absolute Gasteiger partial charge is 0.309 e. The monoisotopic (exact) mass is 330 g/mol. The Balaban J connectivity index is 1.78. The Morgan fingerprint density at radius 3 is 2.65 bits per heavy atom. The maximum Gasteiger partial charge on any atom is 0.250 e. The Morgan fingerprint density at radius 2 is 2.05 bits per heavy atom. The van der Waals surface area contributed by atoms with E-state index in [1.807, 2.05) is 18.4 Å². The molecule has 110 valence electrons. The number of hydrogen-bond donors (Lipinski definition) is 2. The summed E-state index contributed by atoms with van der Waals surface area (Å²) in [4.78, 5) is 0.995. The van der Waals surface area contributed by atoms with Gasteiger partial charge in [-0.25, -0.2) is 13.1 Å². The normalized spacial score (nSPS) is 13.5. The molecule has 7 heteroatoms. The van der Waals surface area contributed by atoms with E-state index in [1.165, 1.54) is 16.9 Å². The van der Waals surface area contributed by atoms with Crippen LogP contribution >= 0.6 is 22.7 Å². The van der Waals surface area contributed by atoms with Crippen molar-refractivity contribution in [3.63, 3.8) is 0 Å². The van der Waals surface area contributed by atoms with Gasteiger partial charge in [-0.05, 0) is 48.4 Å². The maximum atomic E-state index is 12.0. The van der Waals surface area contributed by atoms with Crippen molar-refractivity contribution >= 4 is 32.7 Å². The van der Waals surface area contributed by atoms with E-state index >= 15 is 0 Å². The van der Waals surface area contributed by atoms with Gasteiger partial charge in [-0.15, -0.1) is 11.3 Å². The molecule has 0 aliphatic carbocycles. The van der Waals surface area contributed by atoms with Crippen molar-refractivity contribution in [2.45, 2.75) is 24.1 Å². The van der Waals surface area contributed by atoms with Crippen LogP contribution in [-0.2, 0) is 10.0 Å². The third-order valence-electron chi connectivity index (χ3n) is 2.89. The molecule has 0 fully saturated rings. The fourth-order valence-corrected chi connectivity index (χ4v) is 4.85. The second kappa shape index (κ2) is 6.82. The summed E-state index contributed by atoms with van der Waals surface area (Å²) in [6, 6.07) is 5.76. The van der Waals surface area contributed by atoms with Gasteiger partial charge in [-0.3, -0.25) is 0 Å². The van der Waals surface area contributed by atoms with E-state index in [1.54, 1.807) is 17.4 Å². The van der Waals surface area contributed by atoms with Gasteiger partial charge in [0, 0.05) is 24.0 Å². The summed E-state index contributed by atoms with van der Waals surface area (Å²) in [5.41, 5.74) is 1.23. The topological polar surface area (TPSA) is 58.2 Å². The van der Waals surface area contributed by atoms with Crippen LogP contribution in [0.5, 0.6) is 0 Å². The van der Waals surface area contributed by atoms with Crippen LogP contribution in [0.3, 0.4) is 0 Å². The van der Waals surface area contributed by atoms with E-state index in [9.17, 15) is 8.42 Å². The van der Waals surface area contributed by atoms with Gasteiger partial charge in [0.25, 0.3) is 0 Å². The average Bonchev–Trinajstić information content (AvgIpc) is 3.05. The molecule has 0 spiro atoms. The highest BCUT2D eigenvalue weighted by molar-refractivity contribution is 7.91. The molecule has 0 aromatic carbocycles. The highest BCUT2D eigenvalue weighted by Gasteiger charge is 2.15. The van der Waals surface area contributed by atoms with E-state index in [4.69, 9.17) is 0 Å². The van der Waals surface area contributed by atoms with Crippen molar-refractivity contribution in [1.82, 2.24) is 10.0 Å². The van der Waals surface area contributed by atoms with Gasteiger partial charge < -0.3 is 5.32 Å². The predicted octanol–water partition coefficient (Wildman–Crippen LogP) is 2.75.